The van der Waals surface area contributed by atoms with Crippen molar-refractivity contribution in [2.75, 3.05) is 6.54 Å². The van der Waals surface area contributed by atoms with Gasteiger partial charge in [-0.1, -0.05) is 44.2 Å². The predicted molar refractivity (Wildman–Crippen MR) is 68.2 cm³/mol. The smallest absolute Gasteiger partial charge is 0.207 e. The molecule has 0 saturated carbocycles. The van der Waals surface area contributed by atoms with Gasteiger partial charge in [-0.3, -0.25) is 4.79 Å². The van der Waals surface area contributed by atoms with Gasteiger partial charge >= 0.3 is 0 Å². The monoisotopic (exact) mass is 225 g/mol. The summed E-state index contributed by atoms with van der Waals surface area (Å²) in [6.07, 6.45) is 0.339. The van der Waals surface area contributed by atoms with Crippen LogP contribution in [0.2, 0.25) is 0 Å². The number of nitrogens with one attached hydrogen (secondary N) is 1. The van der Waals surface area contributed by atoms with Crippen molar-refractivity contribution in [3.05, 3.63) is 35.9 Å². The Hall–Kier alpha value is -1.35. The number of carbonyl (C=O) groups is 1. The van der Waals surface area contributed by atoms with E-state index < -0.39 is 0 Å². The molecule has 0 aliphatic heterocycles. The lowest BCUT2D eigenvalue weighted by atomic mass is 10.1. The molecule has 0 aliphatic carbocycles. The maximum Gasteiger partial charge on any atom is 0.207 e. The molecule has 0 radical (unpaired) electrons. The predicted octanol–water partition coefficient (Wildman–Crippen LogP) is 2.52. The molecule has 2 N–H and O–H groups in total. The van der Waals surface area contributed by atoms with Crippen LogP contribution in [0.3, 0.4) is 0 Å². The third-order valence-electron chi connectivity index (χ3n) is 1.57. The zero-order valence-electron chi connectivity index (χ0n) is 10.6. The molecule has 0 heterocycles. The molecule has 0 spiro atoms. The molecule has 1 aromatic carbocycles. The van der Waals surface area contributed by atoms with Gasteiger partial charge in [-0.15, -0.1) is 0 Å². The van der Waals surface area contributed by atoms with E-state index in [1.807, 2.05) is 51.1 Å². The fourth-order valence-corrected chi connectivity index (χ4v) is 0.815. The number of amides is 1. The first-order valence-corrected chi connectivity index (χ1v) is 5.62. The van der Waals surface area contributed by atoms with Crippen molar-refractivity contribution in [1.82, 2.24) is 5.32 Å². The maximum atomic E-state index is 9.29. The normalized spacial score (nSPS) is 9.81. The largest absolute Gasteiger partial charge is 0.389 e. The van der Waals surface area contributed by atoms with Crippen LogP contribution in [0.15, 0.2) is 30.3 Å². The van der Waals surface area contributed by atoms with E-state index in [2.05, 4.69) is 5.32 Å². The van der Waals surface area contributed by atoms with Gasteiger partial charge in [-0.25, -0.2) is 0 Å². The van der Waals surface area contributed by atoms with Crippen LogP contribution in [-0.4, -0.2) is 18.1 Å². The van der Waals surface area contributed by atoms with Crippen LogP contribution in [0.4, 0.5) is 0 Å². The minimum atomic E-state index is -0.341. The molecule has 0 bridgehead atoms. The lowest BCUT2D eigenvalue weighted by Gasteiger charge is -2.00. The molecule has 1 unspecified atom stereocenters. The van der Waals surface area contributed by atoms with Crippen molar-refractivity contribution < 1.29 is 9.90 Å². The van der Waals surface area contributed by atoms with Gasteiger partial charge in [0.2, 0.25) is 6.41 Å². The summed E-state index contributed by atoms with van der Waals surface area (Å²) in [7, 11) is 0. The minimum Gasteiger partial charge on any atom is -0.389 e. The first kappa shape index (κ1) is 17.1. The first-order valence-electron chi connectivity index (χ1n) is 5.62. The topological polar surface area (TPSA) is 49.3 Å². The second kappa shape index (κ2) is 13.7. The molecule has 3 heteroatoms. The third-order valence-corrected chi connectivity index (χ3v) is 1.57. The van der Waals surface area contributed by atoms with Crippen molar-refractivity contribution >= 4 is 6.41 Å². The number of rotatable bonds is 3. The summed E-state index contributed by atoms with van der Waals surface area (Å²) in [6, 6.07) is 9.59. The number of benzene rings is 1. The van der Waals surface area contributed by atoms with Gasteiger partial charge in [-0.05, 0) is 19.4 Å². The van der Waals surface area contributed by atoms with Gasteiger partial charge in [0, 0.05) is 6.54 Å². The summed E-state index contributed by atoms with van der Waals surface area (Å²) in [5, 5.41) is 11.5. The van der Waals surface area contributed by atoms with E-state index >= 15 is 0 Å². The van der Waals surface area contributed by atoms with Crippen LogP contribution >= 0.6 is 0 Å². The second-order valence-electron chi connectivity index (χ2n) is 2.76. The van der Waals surface area contributed by atoms with Gasteiger partial charge in [0.05, 0.1) is 6.10 Å². The fourth-order valence-electron chi connectivity index (χ4n) is 0.815. The summed E-state index contributed by atoms with van der Waals surface area (Å²) in [5.74, 6) is 0. The molecule has 16 heavy (non-hydrogen) atoms. The van der Waals surface area contributed by atoms with Crippen molar-refractivity contribution in [3.8, 4) is 0 Å². The molecular formula is C13H23NO2. The Morgan fingerprint density at radius 3 is 2.00 bits per heavy atom. The van der Waals surface area contributed by atoms with Crippen molar-refractivity contribution in [3.63, 3.8) is 0 Å². The van der Waals surface area contributed by atoms with Gasteiger partial charge in [0.15, 0.2) is 0 Å². The molecule has 3 nitrogen and oxygen atoms in total. The van der Waals surface area contributed by atoms with E-state index in [0.29, 0.717) is 6.41 Å². The molecule has 0 saturated heterocycles. The van der Waals surface area contributed by atoms with Crippen molar-refractivity contribution in [2.45, 2.75) is 33.8 Å². The summed E-state index contributed by atoms with van der Waals surface area (Å²) < 4.78 is 0. The SMILES string of the molecule is CC.CC(O)c1ccccc1.CCNC=O. The van der Waals surface area contributed by atoms with Gasteiger partial charge in [0.1, 0.15) is 0 Å². The van der Waals surface area contributed by atoms with E-state index in [-0.39, 0.29) is 6.10 Å². The number of hydrogen-bond donors (Lipinski definition) is 2. The van der Waals surface area contributed by atoms with Crippen LogP contribution in [-0.2, 0) is 4.79 Å². The van der Waals surface area contributed by atoms with Crippen LogP contribution in [0.25, 0.3) is 0 Å². The highest BCUT2D eigenvalue weighted by Gasteiger charge is 1.95. The lowest BCUT2D eigenvalue weighted by Crippen LogP contribution is -2.07. The molecule has 0 fully saturated rings. The molecular weight excluding hydrogens is 202 g/mol. The van der Waals surface area contributed by atoms with E-state index in [1.165, 1.54) is 0 Å². The summed E-state index contributed by atoms with van der Waals surface area (Å²) in [4.78, 5) is 9.29. The Morgan fingerprint density at radius 2 is 1.81 bits per heavy atom. The maximum absolute atomic E-state index is 9.29. The molecule has 1 rings (SSSR count). The molecule has 0 aliphatic rings. The molecule has 92 valence electrons. The number of hydrogen-bond acceptors (Lipinski definition) is 2. The Morgan fingerprint density at radius 1 is 1.31 bits per heavy atom. The summed E-state index contributed by atoms with van der Waals surface area (Å²) in [6.45, 7) is 8.35. The second-order valence-corrected chi connectivity index (χ2v) is 2.76. The highest BCUT2D eigenvalue weighted by molar-refractivity contribution is 5.45. The quantitative estimate of drug-likeness (QED) is 0.777. The lowest BCUT2D eigenvalue weighted by molar-refractivity contribution is -0.109. The fraction of sp³-hybridized carbons (Fsp3) is 0.462. The van der Waals surface area contributed by atoms with Crippen LogP contribution in [0.5, 0.6) is 0 Å². The zero-order valence-corrected chi connectivity index (χ0v) is 10.6. The van der Waals surface area contributed by atoms with Crippen LogP contribution < -0.4 is 5.32 Å². The highest BCUT2D eigenvalue weighted by atomic mass is 16.3. The third kappa shape index (κ3) is 10.7. The summed E-state index contributed by atoms with van der Waals surface area (Å²) in [5.41, 5.74) is 0.970. The molecule has 1 aromatic rings. The summed E-state index contributed by atoms with van der Waals surface area (Å²) >= 11 is 0. The Bertz CT molecular complexity index is 235. The van der Waals surface area contributed by atoms with Crippen LogP contribution in [0, 0.1) is 0 Å². The number of aliphatic hydroxyl groups excluding tert-OH is 1. The Balaban J connectivity index is 0. The molecule has 1 amide bonds. The van der Waals surface area contributed by atoms with E-state index in [9.17, 15) is 4.79 Å². The highest BCUT2D eigenvalue weighted by Crippen LogP contribution is 2.08. The van der Waals surface area contributed by atoms with Gasteiger partial charge in [-0.2, -0.15) is 0 Å². The number of aliphatic hydroxyl groups is 1. The first-order chi connectivity index (χ1) is 7.72. The Kier molecular flexibility index (Phi) is 14.6. The number of carbonyl (C=O) groups excluding carboxylic acids is 1. The van der Waals surface area contributed by atoms with Crippen molar-refractivity contribution in [2.24, 2.45) is 0 Å². The van der Waals surface area contributed by atoms with Gasteiger partial charge in [0.25, 0.3) is 0 Å². The Labute approximate surface area is 98.5 Å². The standard InChI is InChI=1S/C8H10O.C3H7NO.C2H6/c1-7(9)8-5-3-2-4-6-8;1-2-4-3-5;1-2/h2-7,9H,1H3;3H,2H2,1H3,(H,4,5);1-2H3. The molecule has 0 aromatic heterocycles. The van der Waals surface area contributed by atoms with Crippen molar-refractivity contribution in [1.29, 1.82) is 0 Å². The van der Waals surface area contributed by atoms with Crippen LogP contribution in [0.1, 0.15) is 39.4 Å². The van der Waals surface area contributed by atoms with E-state index in [1.54, 1.807) is 6.92 Å². The molecule has 1 atom stereocenters. The minimum absolute atomic E-state index is 0.341. The average Bonchev–Trinajstić information content (AvgIpc) is 2.34. The van der Waals surface area contributed by atoms with Gasteiger partial charge < -0.3 is 10.4 Å². The van der Waals surface area contributed by atoms with E-state index in [4.69, 9.17) is 5.11 Å². The zero-order chi connectivity index (χ0) is 12.8. The average molecular weight is 225 g/mol. The van der Waals surface area contributed by atoms with E-state index in [0.717, 1.165) is 12.1 Å².